The molecule has 0 aliphatic rings. The highest BCUT2D eigenvalue weighted by atomic mass is 16.3. The molecule has 11 heavy (non-hydrogen) atoms. The summed E-state index contributed by atoms with van der Waals surface area (Å²) in [5.74, 6) is 0.585. The summed E-state index contributed by atoms with van der Waals surface area (Å²) in [6.07, 6.45) is 2.94. The fraction of sp³-hybridized carbons (Fsp3) is 0.857. The Balaban J connectivity index is 4.00. The second-order valence-corrected chi connectivity index (χ2v) is 2.50. The van der Waals surface area contributed by atoms with E-state index in [1.807, 2.05) is 6.92 Å². The molecule has 0 radical (unpaired) electrons. The lowest BCUT2D eigenvalue weighted by atomic mass is 10.00. The third-order valence-corrected chi connectivity index (χ3v) is 1.70. The minimum atomic E-state index is 0.220. The van der Waals surface area contributed by atoms with Gasteiger partial charge in [-0.25, -0.2) is 0 Å². The average Bonchev–Trinajstić information content (AvgIpc) is 2.00. The van der Waals surface area contributed by atoms with Gasteiger partial charge < -0.3 is 5.73 Å². The Hall–Kier alpha value is -0.930. The Kier molecular flexibility index (Phi) is 5.33. The van der Waals surface area contributed by atoms with Crippen LogP contribution >= 0.6 is 0 Å². The number of rotatable bonds is 5. The molecule has 0 aromatic heterocycles. The second-order valence-electron chi connectivity index (χ2n) is 2.50. The largest absolute Gasteiger partial charge is 0.385 e. The lowest BCUT2D eigenvalue weighted by Crippen LogP contribution is -2.22. The van der Waals surface area contributed by atoms with E-state index >= 15 is 0 Å². The van der Waals surface area contributed by atoms with Crippen molar-refractivity contribution in [3.05, 3.63) is 4.91 Å². The van der Waals surface area contributed by atoms with Crippen molar-refractivity contribution in [3.8, 4) is 0 Å². The zero-order chi connectivity index (χ0) is 8.69. The normalized spacial score (nSPS) is 14.5. The summed E-state index contributed by atoms with van der Waals surface area (Å²) in [5.41, 5.74) is 5.48. The first-order valence-corrected chi connectivity index (χ1v) is 3.91. The molecule has 0 saturated heterocycles. The number of nitrogens with two attached hydrogens (primary N) is 1. The van der Waals surface area contributed by atoms with E-state index in [0.29, 0.717) is 5.84 Å². The van der Waals surface area contributed by atoms with Gasteiger partial charge in [0.05, 0.1) is 5.29 Å². The van der Waals surface area contributed by atoms with E-state index in [-0.39, 0.29) is 5.92 Å². The predicted molar refractivity (Wildman–Crippen MR) is 46.1 cm³/mol. The molecule has 0 aliphatic heterocycles. The van der Waals surface area contributed by atoms with E-state index in [4.69, 9.17) is 5.73 Å². The Morgan fingerprint density at radius 3 is 2.55 bits per heavy atom. The molecule has 0 aliphatic carbocycles. The molecular weight excluding hydrogens is 142 g/mol. The van der Waals surface area contributed by atoms with Crippen LogP contribution in [0.2, 0.25) is 0 Å². The smallest absolute Gasteiger partial charge is 0.128 e. The highest BCUT2D eigenvalue weighted by Crippen LogP contribution is 2.10. The van der Waals surface area contributed by atoms with Crippen LogP contribution in [0.25, 0.3) is 0 Å². The van der Waals surface area contributed by atoms with Gasteiger partial charge in [0.1, 0.15) is 5.84 Å². The van der Waals surface area contributed by atoms with E-state index in [1.54, 1.807) is 0 Å². The zero-order valence-corrected chi connectivity index (χ0v) is 7.08. The molecule has 0 rings (SSSR count). The van der Waals surface area contributed by atoms with Crippen LogP contribution in [0.15, 0.2) is 10.4 Å². The van der Waals surface area contributed by atoms with E-state index < -0.39 is 0 Å². The Morgan fingerprint density at radius 1 is 1.55 bits per heavy atom. The molecule has 0 heterocycles. The van der Waals surface area contributed by atoms with Crippen molar-refractivity contribution in [2.24, 2.45) is 22.0 Å². The Bertz CT molecular complexity index is 145. The number of hydrogen-bond donors (Lipinski definition) is 1. The van der Waals surface area contributed by atoms with Crippen LogP contribution in [0.5, 0.6) is 0 Å². The summed E-state index contributed by atoms with van der Waals surface area (Å²) in [4.78, 5) is 9.72. The summed E-state index contributed by atoms with van der Waals surface area (Å²) < 4.78 is 0. The van der Waals surface area contributed by atoms with Crippen LogP contribution in [-0.2, 0) is 0 Å². The highest BCUT2D eigenvalue weighted by Gasteiger charge is 2.09. The standard InChI is InChI=1S/C7H15N3O/c1-3-5-6(4-2)7(8)9-10-11/h6H,3-5H2,1-2H3,(H2,8,9,11). The van der Waals surface area contributed by atoms with Gasteiger partial charge in [-0.2, -0.15) is 0 Å². The van der Waals surface area contributed by atoms with Crippen LogP contribution in [-0.4, -0.2) is 5.84 Å². The predicted octanol–water partition coefficient (Wildman–Crippen LogP) is 1.85. The summed E-state index contributed by atoms with van der Waals surface area (Å²) in [7, 11) is 0. The average molecular weight is 157 g/mol. The van der Waals surface area contributed by atoms with Crippen molar-refractivity contribution in [2.45, 2.75) is 33.1 Å². The fourth-order valence-corrected chi connectivity index (χ4v) is 1.04. The van der Waals surface area contributed by atoms with Crippen molar-refractivity contribution < 1.29 is 0 Å². The van der Waals surface area contributed by atoms with Crippen LogP contribution in [0.3, 0.4) is 0 Å². The first kappa shape index (κ1) is 10.1. The monoisotopic (exact) mass is 157 g/mol. The molecule has 0 saturated carbocycles. The van der Waals surface area contributed by atoms with Gasteiger partial charge in [0, 0.05) is 5.92 Å². The number of hydrogen-bond acceptors (Lipinski definition) is 2. The highest BCUT2D eigenvalue weighted by molar-refractivity contribution is 5.82. The fourth-order valence-electron chi connectivity index (χ4n) is 1.04. The molecule has 0 aromatic rings. The third-order valence-electron chi connectivity index (χ3n) is 1.70. The van der Waals surface area contributed by atoms with Gasteiger partial charge in [0.15, 0.2) is 0 Å². The van der Waals surface area contributed by atoms with Crippen LogP contribution < -0.4 is 5.73 Å². The molecule has 0 bridgehead atoms. The lowest BCUT2D eigenvalue weighted by Gasteiger charge is -2.10. The molecule has 2 N–H and O–H groups in total. The van der Waals surface area contributed by atoms with Crippen LogP contribution in [0.1, 0.15) is 33.1 Å². The molecule has 4 nitrogen and oxygen atoms in total. The van der Waals surface area contributed by atoms with Crippen molar-refractivity contribution >= 4 is 5.84 Å². The quantitative estimate of drug-likeness (QED) is 0.286. The molecule has 0 fully saturated rings. The molecule has 64 valence electrons. The molecule has 4 heteroatoms. The van der Waals surface area contributed by atoms with Crippen molar-refractivity contribution in [1.82, 2.24) is 0 Å². The third kappa shape index (κ3) is 3.70. The number of amidine groups is 1. The maximum Gasteiger partial charge on any atom is 0.128 e. The van der Waals surface area contributed by atoms with Gasteiger partial charge in [-0.05, 0) is 12.8 Å². The Labute approximate surface area is 66.8 Å². The molecule has 1 unspecified atom stereocenters. The van der Waals surface area contributed by atoms with Crippen molar-refractivity contribution in [1.29, 1.82) is 0 Å². The van der Waals surface area contributed by atoms with Gasteiger partial charge in [0.2, 0.25) is 0 Å². The minimum Gasteiger partial charge on any atom is -0.385 e. The van der Waals surface area contributed by atoms with E-state index in [1.165, 1.54) is 0 Å². The zero-order valence-electron chi connectivity index (χ0n) is 7.08. The first-order valence-electron chi connectivity index (χ1n) is 3.91. The number of nitrogens with zero attached hydrogens (tertiary/aromatic N) is 2. The van der Waals surface area contributed by atoms with Gasteiger partial charge >= 0.3 is 0 Å². The summed E-state index contributed by atoms with van der Waals surface area (Å²) in [6.45, 7) is 4.10. The molecule has 1 atom stereocenters. The second kappa shape index (κ2) is 5.82. The summed E-state index contributed by atoms with van der Waals surface area (Å²) in [6, 6.07) is 0. The van der Waals surface area contributed by atoms with E-state index in [0.717, 1.165) is 19.3 Å². The van der Waals surface area contributed by atoms with Crippen LogP contribution in [0, 0.1) is 10.8 Å². The van der Waals surface area contributed by atoms with Gasteiger partial charge in [0.25, 0.3) is 0 Å². The summed E-state index contributed by atoms with van der Waals surface area (Å²) in [5, 5.41) is 5.68. The molecule has 0 spiro atoms. The molecule has 0 amide bonds. The summed E-state index contributed by atoms with van der Waals surface area (Å²) >= 11 is 0. The van der Waals surface area contributed by atoms with Gasteiger partial charge in [-0.1, -0.05) is 25.4 Å². The van der Waals surface area contributed by atoms with Gasteiger partial charge in [-0.15, -0.1) is 4.91 Å². The van der Waals surface area contributed by atoms with Crippen molar-refractivity contribution in [3.63, 3.8) is 0 Å². The van der Waals surface area contributed by atoms with Crippen molar-refractivity contribution in [2.75, 3.05) is 0 Å². The topological polar surface area (TPSA) is 67.8 Å². The SMILES string of the molecule is CCCC(CC)/C(N)=N/N=O. The van der Waals surface area contributed by atoms with E-state index in [9.17, 15) is 4.91 Å². The van der Waals surface area contributed by atoms with Gasteiger partial charge in [-0.3, -0.25) is 0 Å². The molecule has 0 aromatic carbocycles. The first-order chi connectivity index (χ1) is 5.26. The van der Waals surface area contributed by atoms with Crippen LogP contribution in [0.4, 0.5) is 0 Å². The number of nitroso groups, excluding NO2 is 1. The molecular formula is C7H15N3O. The van der Waals surface area contributed by atoms with E-state index in [2.05, 4.69) is 17.3 Å². The minimum absolute atomic E-state index is 0.220. The lowest BCUT2D eigenvalue weighted by molar-refractivity contribution is 0.589. The maximum absolute atomic E-state index is 9.72. The Morgan fingerprint density at radius 2 is 2.18 bits per heavy atom. The maximum atomic E-state index is 9.72.